The highest BCUT2D eigenvalue weighted by molar-refractivity contribution is 5.80. The van der Waals surface area contributed by atoms with Crippen LogP contribution < -0.4 is 10.9 Å². The van der Waals surface area contributed by atoms with E-state index in [0.29, 0.717) is 5.56 Å². The third-order valence-electron chi connectivity index (χ3n) is 2.58. The van der Waals surface area contributed by atoms with Gasteiger partial charge < -0.3 is 19.7 Å². The van der Waals surface area contributed by atoms with Crippen molar-refractivity contribution >= 4 is 12.1 Å². The number of carboxylic acids is 1. The molecule has 0 spiro atoms. The number of nitrogens with one attached hydrogen (secondary N) is 1. The summed E-state index contributed by atoms with van der Waals surface area (Å²) in [6.45, 7) is 5.07. The van der Waals surface area contributed by atoms with Gasteiger partial charge in [-0.3, -0.25) is 4.79 Å². The number of hydrogen-bond donors (Lipinski definition) is 2. The van der Waals surface area contributed by atoms with Crippen molar-refractivity contribution in [3.8, 4) is 0 Å². The predicted molar refractivity (Wildman–Crippen MR) is 76.2 cm³/mol. The Labute approximate surface area is 122 Å². The molecule has 0 saturated heterocycles. The smallest absolute Gasteiger partial charge is 0.408 e. The molecule has 21 heavy (non-hydrogen) atoms. The molecule has 0 unspecified atom stereocenters. The van der Waals surface area contributed by atoms with Crippen molar-refractivity contribution in [1.82, 2.24) is 9.88 Å². The van der Waals surface area contributed by atoms with Crippen LogP contribution in [-0.4, -0.2) is 33.4 Å². The lowest BCUT2D eigenvalue weighted by Crippen LogP contribution is -2.44. The molecule has 0 aliphatic rings. The van der Waals surface area contributed by atoms with E-state index >= 15 is 0 Å². The highest BCUT2D eigenvalue weighted by atomic mass is 16.6. The first-order chi connectivity index (χ1) is 9.58. The third kappa shape index (κ3) is 5.68. The van der Waals surface area contributed by atoms with Gasteiger partial charge in [-0.25, -0.2) is 9.59 Å². The van der Waals surface area contributed by atoms with Crippen molar-refractivity contribution in [2.45, 2.75) is 38.8 Å². The molecule has 0 bridgehead atoms. The van der Waals surface area contributed by atoms with Gasteiger partial charge in [0.15, 0.2) is 0 Å². The largest absolute Gasteiger partial charge is 0.480 e. The number of carbonyl (C=O) groups is 2. The first kappa shape index (κ1) is 16.7. The number of hydrogen-bond acceptors (Lipinski definition) is 4. The molecule has 0 aliphatic carbocycles. The molecule has 2 N–H and O–H groups in total. The van der Waals surface area contributed by atoms with Crippen LogP contribution >= 0.6 is 0 Å². The third-order valence-corrected chi connectivity index (χ3v) is 2.58. The Morgan fingerprint density at radius 1 is 1.38 bits per heavy atom. The van der Waals surface area contributed by atoms with E-state index in [4.69, 9.17) is 9.84 Å². The number of nitrogens with zero attached hydrogens (tertiary/aromatic N) is 1. The highest BCUT2D eigenvalue weighted by Crippen LogP contribution is 2.08. The zero-order valence-electron chi connectivity index (χ0n) is 12.5. The predicted octanol–water partition coefficient (Wildman–Crippen LogP) is 0.906. The molecule has 0 fully saturated rings. The molecule has 1 atom stereocenters. The lowest BCUT2D eigenvalue weighted by Gasteiger charge is -2.22. The molecule has 0 saturated carbocycles. The fraction of sp³-hybridized carbons (Fsp3) is 0.500. The number of amides is 1. The number of aryl methyl sites for hydroxylation is 1. The van der Waals surface area contributed by atoms with E-state index < -0.39 is 23.7 Å². The van der Waals surface area contributed by atoms with Crippen LogP contribution in [-0.2, 0) is 23.0 Å². The van der Waals surface area contributed by atoms with Gasteiger partial charge in [-0.05, 0) is 26.3 Å². The molecular weight excluding hydrogens is 276 g/mol. The Hall–Kier alpha value is -2.31. The Morgan fingerprint density at radius 3 is 2.48 bits per heavy atom. The van der Waals surface area contributed by atoms with E-state index in [1.807, 2.05) is 0 Å². The Bertz CT molecular complexity index is 586. The van der Waals surface area contributed by atoms with Crippen molar-refractivity contribution < 1.29 is 19.4 Å². The Morgan fingerprint density at radius 2 is 2.00 bits per heavy atom. The van der Waals surface area contributed by atoms with Crippen molar-refractivity contribution in [1.29, 1.82) is 0 Å². The van der Waals surface area contributed by atoms with Crippen LogP contribution in [0.4, 0.5) is 4.79 Å². The molecular formula is C14H20N2O5. The minimum atomic E-state index is -1.17. The molecule has 116 valence electrons. The fourth-order valence-corrected chi connectivity index (χ4v) is 1.66. The summed E-state index contributed by atoms with van der Waals surface area (Å²) in [6.07, 6.45) is 0.803. The molecule has 0 aromatic carbocycles. The summed E-state index contributed by atoms with van der Waals surface area (Å²) >= 11 is 0. The van der Waals surface area contributed by atoms with E-state index in [0.717, 1.165) is 0 Å². The van der Waals surface area contributed by atoms with Crippen LogP contribution in [0.1, 0.15) is 26.3 Å². The highest BCUT2D eigenvalue weighted by Gasteiger charge is 2.24. The number of aliphatic carboxylic acids is 1. The van der Waals surface area contributed by atoms with E-state index in [2.05, 4.69) is 5.32 Å². The molecule has 7 nitrogen and oxygen atoms in total. The van der Waals surface area contributed by atoms with Crippen LogP contribution in [0.15, 0.2) is 23.1 Å². The molecule has 1 aromatic rings. The van der Waals surface area contributed by atoms with Gasteiger partial charge >= 0.3 is 12.1 Å². The Kier molecular flexibility index (Phi) is 5.12. The van der Waals surface area contributed by atoms with Crippen LogP contribution in [0.25, 0.3) is 0 Å². The second-order valence-electron chi connectivity index (χ2n) is 5.73. The van der Waals surface area contributed by atoms with Gasteiger partial charge in [-0.2, -0.15) is 0 Å². The van der Waals surface area contributed by atoms with Crippen molar-refractivity contribution in [2.24, 2.45) is 7.05 Å². The fourth-order valence-electron chi connectivity index (χ4n) is 1.66. The summed E-state index contributed by atoms with van der Waals surface area (Å²) in [5, 5.41) is 11.5. The summed E-state index contributed by atoms with van der Waals surface area (Å²) in [6, 6.07) is 1.76. The number of carboxylic acid groups (broad SMARTS) is 1. The molecule has 0 radical (unpaired) electrons. The minimum Gasteiger partial charge on any atom is -0.480 e. The van der Waals surface area contributed by atoms with Gasteiger partial charge in [0, 0.05) is 25.7 Å². The molecule has 7 heteroatoms. The zero-order chi connectivity index (χ0) is 16.2. The number of aromatic nitrogens is 1. The first-order valence-corrected chi connectivity index (χ1v) is 6.46. The maximum absolute atomic E-state index is 11.6. The lowest BCUT2D eigenvalue weighted by molar-refractivity contribution is -0.139. The summed E-state index contributed by atoms with van der Waals surface area (Å²) in [4.78, 5) is 34.1. The maximum atomic E-state index is 11.6. The summed E-state index contributed by atoms with van der Waals surface area (Å²) < 4.78 is 6.38. The van der Waals surface area contributed by atoms with Gasteiger partial charge in [-0.15, -0.1) is 0 Å². The number of carbonyl (C=O) groups excluding carboxylic acids is 1. The average Bonchev–Trinajstić information content (AvgIpc) is 2.30. The van der Waals surface area contributed by atoms with Gasteiger partial charge in [0.2, 0.25) is 5.56 Å². The van der Waals surface area contributed by atoms with Crippen molar-refractivity contribution in [3.63, 3.8) is 0 Å². The standard InChI is InChI=1S/C14H20N2O5/c1-14(2,3)21-13(20)15-10(12(18)19)7-9-5-6-11(17)16(4)8-9/h5-6,8,10H,7H2,1-4H3,(H,15,20)(H,18,19)/t10-/m0/s1. The Balaban J connectivity index is 2.78. The summed E-state index contributed by atoms with van der Waals surface area (Å²) in [7, 11) is 1.57. The van der Waals surface area contributed by atoms with Crippen LogP contribution in [0.5, 0.6) is 0 Å². The zero-order valence-corrected chi connectivity index (χ0v) is 12.5. The summed E-state index contributed by atoms with van der Waals surface area (Å²) in [5.74, 6) is -1.17. The molecule has 1 rings (SSSR count). The number of ether oxygens (including phenoxy) is 1. The second kappa shape index (κ2) is 6.43. The van der Waals surface area contributed by atoms with E-state index in [-0.39, 0.29) is 12.0 Å². The number of alkyl carbamates (subject to hydrolysis) is 1. The maximum Gasteiger partial charge on any atom is 0.408 e. The van der Waals surface area contributed by atoms with Crippen LogP contribution in [0, 0.1) is 0 Å². The van der Waals surface area contributed by atoms with E-state index in [1.165, 1.54) is 22.9 Å². The molecule has 0 aliphatic heterocycles. The molecule has 1 heterocycles. The van der Waals surface area contributed by atoms with Gasteiger partial charge in [0.05, 0.1) is 0 Å². The number of rotatable bonds is 4. The van der Waals surface area contributed by atoms with Crippen LogP contribution in [0.3, 0.4) is 0 Å². The normalized spacial score (nSPS) is 12.6. The SMILES string of the molecule is Cn1cc(C[C@H](NC(=O)OC(C)(C)C)C(=O)O)ccc1=O. The number of pyridine rings is 1. The lowest BCUT2D eigenvalue weighted by atomic mass is 10.1. The van der Waals surface area contributed by atoms with Crippen molar-refractivity contribution in [3.05, 3.63) is 34.2 Å². The van der Waals surface area contributed by atoms with Gasteiger partial charge in [0.25, 0.3) is 0 Å². The molecule has 1 aromatic heterocycles. The van der Waals surface area contributed by atoms with E-state index in [1.54, 1.807) is 27.8 Å². The van der Waals surface area contributed by atoms with Crippen molar-refractivity contribution in [2.75, 3.05) is 0 Å². The minimum absolute atomic E-state index is 0.0582. The topological polar surface area (TPSA) is 97.6 Å². The van der Waals surface area contributed by atoms with Crippen LogP contribution in [0.2, 0.25) is 0 Å². The molecule has 1 amide bonds. The van der Waals surface area contributed by atoms with Gasteiger partial charge in [0.1, 0.15) is 11.6 Å². The monoisotopic (exact) mass is 296 g/mol. The average molecular weight is 296 g/mol. The first-order valence-electron chi connectivity index (χ1n) is 6.46. The second-order valence-corrected chi connectivity index (χ2v) is 5.73. The summed E-state index contributed by atoms with van der Waals surface area (Å²) in [5.41, 5.74) is -0.268. The quantitative estimate of drug-likeness (QED) is 0.860. The van der Waals surface area contributed by atoms with Gasteiger partial charge in [-0.1, -0.05) is 6.07 Å². The van der Waals surface area contributed by atoms with E-state index in [9.17, 15) is 14.4 Å².